The van der Waals surface area contributed by atoms with Crippen LogP contribution in [0, 0.1) is 0 Å². The van der Waals surface area contributed by atoms with E-state index in [9.17, 15) is 18.0 Å². The van der Waals surface area contributed by atoms with Gasteiger partial charge in [0.2, 0.25) is 15.9 Å². The summed E-state index contributed by atoms with van der Waals surface area (Å²) < 4.78 is 36.5. The van der Waals surface area contributed by atoms with Crippen molar-refractivity contribution in [1.82, 2.24) is 9.62 Å². The molecule has 168 valence electrons. The Morgan fingerprint density at radius 2 is 1.80 bits per heavy atom. The van der Waals surface area contributed by atoms with Crippen LogP contribution in [-0.2, 0) is 19.6 Å². The Labute approximate surface area is 179 Å². The van der Waals surface area contributed by atoms with Gasteiger partial charge in [-0.1, -0.05) is 19.8 Å². The van der Waals surface area contributed by atoms with Gasteiger partial charge in [-0.05, 0) is 30.7 Å². The number of amides is 1. The molecule has 0 spiro atoms. The van der Waals surface area contributed by atoms with Crippen molar-refractivity contribution in [3.8, 4) is 5.75 Å². The molecule has 30 heavy (non-hydrogen) atoms. The van der Waals surface area contributed by atoms with Gasteiger partial charge in [0.05, 0.1) is 25.6 Å². The number of nitrogens with one attached hydrogen (secondary N) is 1. The van der Waals surface area contributed by atoms with Crippen LogP contribution in [-0.4, -0.2) is 69.6 Å². The van der Waals surface area contributed by atoms with Gasteiger partial charge in [-0.2, -0.15) is 4.31 Å². The fourth-order valence-electron chi connectivity index (χ4n) is 3.01. The molecule has 0 aliphatic carbocycles. The molecule has 1 N–H and O–H groups in total. The van der Waals surface area contributed by atoms with Crippen molar-refractivity contribution in [2.75, 3.05) is 45.2 Å². The zero-order chi connectivity index (χ0) is 21.8. The number of carbonyl (C=O) groups excluding carboxylic acids is 2. The third-order valence-corrected chi connectivity index (χ3v) is 6.69. The molecule has 0 radical (unpaired) electrons. The summed E-state index contributed by atoms with van der Waals surface area (Å²) in [5.74, 6) is 0.0914. The van der Waals surface area contributed by atoms with Gasteiger partial charge >= 0.3 is 0 Å². The number of ketones is 1. The molecule has 1 aromatic carbocycles. The highest BCUT2D eigenvalue weighted by molar-refractivity contribution is 7.89. The molecule has 0 bridgehead atoms. The summed E-state index contributed by atoms with van der Waals surface area (Å²) in [5, 5.41) is 2.58. The molecule has 0 aromatic heterocycles. The fraction of sp³-hybridized carbons (Fsp3) is 0.619. The van der Waals surface area contributed by atoms with Crippen molar-refractivity contribution >= 4 is 21.7 Å². The average molecular weight is 441 g/mol. The summed E-state index contributed by atoms with van der Waals surface area (Å²) in [7, 11) is -3.41. The Morgan fingerprint density at radius 3 is 2.47 bits per heavy atom. The maximum atomic E-state index is 12.3. The lowest BCUT2D eigenvalue weighted by atomic mass is 10.1. The van der Waals surface area contributed by atoms with Gasteiger partial charge < -0.3 is 14.8 Å². The van der Waals surface area contributed by atoms with Gasteiger partial charge in [-0.15, -0.1) is 0 Å². The van der Waals surface area contributed by atoms with Crippen LogP contribution in [0.2, 0.25) is 0 Å². The van der Waals surface area contributed by atoms with E-state index in [-0.39, 0.29) is 36.8 Å². The van der Waals surface area contributed by atoms with Gasteiger partial charge in [0.1, 0.15) is 5.75 Å². The van der Waals surface area contributed by atoms with Crippen LogP contribution in [0.4, 0.5) is 0 Å². The summed E-state index contributed by atoms with van der Waals surface area (Å²) in [6.07, 6.45) is 3.34. The summed E-state index contributed by atoms with van der Waals surface area (Å²) in [4.78, 5) is 24.2. The summed E-state index contributed by atoms with van der Waals surface area (Å²) in [5.41, 5.74) is 0.526. The van der Waals surface area contributed by atoms with E-state index in [4.69, 9.17) is 9.47 Å². The van der Waals surface area contributed by atoms with Crippen LogP contribution >= 0.6 is 0 Å². The average Bonchev–Trinajstić information content (AvgIpc) is 2.76. The number of morpholine rings is 1. The SMILES string of the molecule is CCCCCOc1ccc(C(=O)CCC(=O)NCCS(=O)(=O)N2CCOCC2)cc1. The number of ether oxygens (including phenoxy) is 2. The normalized spacial score (nSPS) is 15.0. The standard InChI is InChI=1S/C21H32N2O6S/c1-2-3-4-14-29-19-7-5-18(6-8-19)20(24)9-10-21(25)22-11-17-30(26,27)23-12-15-28-16-13-23/h5-8H,2-4,9-17H2,1H3,(H,22,25). The van der Waals surface area contributed by atoms with E-state index in [1.54, 1.807) is 24.3 Å². The molecule has 0 unspecified atom stereocenters. The molecule has 1 saturated heterocycles. The number of carbonyl (C=O) groups is 2. The van der Waals surface area contributed by atoms with Gasteiger partial charge in [0, 0.05) is 38.0 Å². The third-order valence-electron chi connectivity index (χ3n) is 4.82. The summed E-state index contributed by atoms with van der Waals surface area (Å²) in [6, 6.07) is 6.92. The van der Waals surface area contributed by atoms with Gasteiger partial charge in [0.15, 0.2) is 5.78 Å². The molecule has 8 nitrogen and oxygen atoms in total. The lowest BCUT2D eigenvalue weighted by Crippen LogP contribution is -2.43. The first kappa shape index (κ1) is 24.3. The molecule has 1 aliphatic heterocycles. The zero-order valence-corrected chi connectivity index (χ0v) is 18.4. The lowest BCUT2D eigenvalue weighted by Gasteiger charge is -2.26. The smallest absolute Gasteiger partial charge is 0.220 e. The highest BCUT2D eigenvalue weighted by Crippen LogP contribution is 2.15. The van der Waals surface area contributed by atoms with Crippen molar-refractivity contribution in [3.05, 3.63) is 29.8 Å². The third kappa shape index (κ3) is 8.41. The minimum atomic E-state index is -3.41. The van der Waals surface area contributed by atoms with Gasteiger partial charge in [-0.25, -0.2) is 8.42 Å². The predicted molar refractivity (Wildman–Crippen MR) is 114 cm³/mol. The second-order valence-corrected chi connectivity index (χ2v) is 9.27. The Hall–Kier alpha value is -1.97. The minimum Gasteiger partial charge on any atom is -0.494 e. The van der Waals surface area contributed by atoms with Crippen LogP contribution in [0.1, 0.15) is 49.4 Å². The van der Waals surface area contributed by atoms with Gasteiger partial charge in [0.25, 0.3) is 0 Å². The van der Waals surface area contributed by atoms with Crippen LogP contribution in [0.15, 0.2) is 24.3 Å². The van der Waals surface area contributed by atoms with Crippen molar-refractivity contribution in [2.24, 2.45) is 0 Å². The molecule has 0 saturated carbocycles. The number of rotatable bonds is 13. The first-order valence-corrected chi connectivity index (χ1v) is 12.1. The van der Waals surface area contributed by atoms with Crippen LogP contribution in [0.3, 0.4) is 0 Å². The molecule has 1 fully saturated rings. The Balaban J connectivity index is 1.66. The lowest BCUT2D eigenvalue weighted by molar-refractivity contribution is -0.120. The Bertz CT molecular complexity index is 773. The second-order valence-electron chi connectivity index (χ2n) is 7.18. The van der Waals surface area contributed by atoms with Crippen LogP contribution in [0.25, 0.3) is 0 Å². The maximum Gasteiger partial charge on any atom is 0.220 e. The Kier molecular flexibility index (Phi) is 10.3. The van der Waals surface area contributed by atoms with E-state index in [0.717, 1.165) is 25.0 Å². The summed E-state index contributed by atoms with van der Waals surface area (Å²) in [6.45, 7) is 4.27. The van der Waals surface area contributed by atoms with E-state index in [0.29, 0.717) is 38.5 Å². The van der Waals surface area contributed by atoms with Crippen molar-refractivity contribution in [3.63, 3.8) is 0 Å². The summed E-state index contributed by atoms with van der Waals surface area (Å²) >= 11 is 0. The highest BCUT2D eigenvalue weighted by Gasteiger charge is 2.24. The monoisotopic (exact) mass is 440 g/mol. The maximum absolute atomic E-state index is 12.3. The predicted octanol–water partition coefficient (Wildman–Crippen LogP) is 2.00. The zero-order valence-electron chi connectivity index (χ0n) is 17.6. The van der Waals surface area contributed by atoms with Crippen molar-refractivity contribution in [1.29, 1.82) is 0 Å². The quantitative estimate of drug-likeness (QED) is 0.372. The van der Waals surface area contributed by atoms with E-state index >= 15 is 0 Å². The number of Topliss-reactive ketones (excluding diaryl/α,β-unsaturated/α-hetero) is 1. The molecule has 1 aliphatic rings. The second kappa shape index (κ2) is 12.7. The molecule has 9 heteroatoms. The van der Waals surface area contributed by atoms with Crippen LogP contribution < -0.4 is 10.1 Å². The first-order valence-electron chi connectivity index (χ1n) is 10.5. The van der Waals surface area contributed by atoms with Crippen LogP contribution in [0.5, 0.6) is 5.75 Å². The van der Waals surface area contributed by atoms with E-state index < -0.39 is 10.0 Å². The van der Waals surface area contributed by atoms with Crippen molar-refractivity contribution < 1.29 is 27.5 Å². The first-order chi connectivity index (χ1) is 14.4. The minimum absolute atomic E-state index is 0.0195. The van der Waals surface area contributed by atoms with E-state index in [1.807, 2.05) is 0 Å². The molecule has 2 rings (SSSR count). The topological polar surface area (TPSA) is 102 Å². The van der Waals surface area contributed by atoms with E-state index in [2.05, 4.69) is 12.2 Å². The number of nitrogens with zero attached hydrogens (tertiary/aromatic N) is 1. The largest absolute Gasteiger partial charge is 0.494 e. The number of sulfonamides is 1. The molecule has 1 amide bonds. The molecular formula is C21H32N2O6S. The van der Waals surface area contributed by atoms with E-state index in [1.165, 1.54) is 4.31 Å². The molecule has 1 aromatic rings. The van der Waals surface area contributed by atoms with Crippen molar-refractivity contribution in [2.45, 2.75) is 39.0 Å². The number of hydrogen-bond acceptors (Lipinski definition) is 6. The number of hydrogen-bond donors (Lipinski definition) is 1. The molecule has 1 heterocycles. The molecular weight excluding hydrogens is 408 g/mol. The Morgan fingerprint density at radius 1 is 1.10 bits per heavy atom. The number of unbranched alkanes of at least 4 members (excludes halogenated alkanes) is 2. The highest BCUT2D eigenvalue weighted by atomic mass is 32.2. The number of benzene rings is 1. The molecule has 0 atom stereocenters. The van der Waals surface area contributed by atoms with Gasteiger partial charge in [-0.3, -0.25) is 9.59 Å². The fourth-order valence-corrected chi connectivity index (χ4v) is 4.34.